The molecule has 36 heavy (non-hydrogen) atoms. The Morgan fingerprint density at radius 1 is 1.31 bits per heavy atom. The first kappa shape index (κ1) is 27.2. The Bertz CT molecular complexity index is 1210. The van der Waals surface area contributed by atoms with Crippen LogP contribution in [0, 0.1) is 5.92 Å². The van der Waals surface area contributed by atoms with Gasteiger partial charge in [0.15, 0.2) is 28.2 Å². The first-order valence-corrected chi connectivity index (χ1v) is 12.4. The van der Waals surface area contributed by atoms with Crippen LogP contribution in [-0.2, 0) is 25.1 Å². The van der Waals surface area contributed by atoms with Crippen molar-refractivity contribution >= 4 is 52.2 Å². The fraction of sp³-hybridized carbons (Fsp3) is 0.476. The molecule has 196 valence electrons. The lowest BCUT2D eigenvalue weighted by Gasteiger charge is -2.45. The molecule has 3 rings (SSSR count). The number of aliphatic carboxylic acids is 1. The maximum absolute atomic E-state index is 12.7. The number of hydrogen-bond donors (Lipinski definition) is 5. The summed E-state index contributed by atoms with van der Waals surface area (Å²) in [7, 11) is -3.43. The number of carboxylic acid groups (broad SMARTS) is 1. The molecule has 2 aliphatic rings. The number of thiol groups is 1. The van der Waals surface area contributed by atoms with Crippen molar-refractivity contribution < 1.29 is 42.9 Å². The van der Waals surface area contributed by atoms with Gasteiger partial charge in [-0.25, -0.2) is 18.6 Å². The standard InChI is InChI=1S/C21H25ClN4O9S/c1-10-7-14(28)26(10)17(20(32)33)21(2,36(34)35)9-23-24-18(30)11-5-6-25(8-11)19(31)12-3-4-13(27)16(29)15(12)22/h3-4,9-11,17,27,29,36H,5-8H2,1-2H3,(H,24,30)(H,32,33)/b23-9+/t10-,11?,17+,21+/m1/s1. The topological polar surface area (TPSA) is 194 Å². The van der Waals surface area contributed by atoms with Crippen molar-refractivity contribution in [2.24, 2.45) is 11.0 Å². The number of carbonyl (C=O) groups is 4. The van der Waals surface area contributed by atoms with Gasteiger partial charge in [-0.3, -0.25) is 14.4 Å². The number of carbonyl (C=O) groups excluding carboxylic acids is 3. The Hall–Kier alpha value is -3.39. The van der Waals surface area contributed by atoms with Crippen LogP contribution in [-0.4, -0.2) is 93.4 Å². The molecule has 0 aliphatic carbocycles. The molecule has 0 spiro atoms. The number of phenols is 2. The molecule has 4 N–H and O–H groups in total. The van der Waals surface area contributed by atoms with E-state index in [9.17, 15) is 42.9 Å². The summed E-state index contributed by atoms with van der Waals surface area (Å²) in [5.41, 5.74) is 2.12. The van der Waals surface area contributed by atoms with Crippen molar-refractivity contribution in [3.63, 3.8) is 0 Å². The molecule has 0 radical (unpaired) electrons. The third-order valence-electron chi connectivity index (χ3n) is 6.36. The van der Waals surface area contributed by atoms with E-state index in [1.807, 2.05) is 0 Å². The summed E-state index contributed by atoms with van der Waals surface area (Å²) in [4.78, 5) is 51.4. The summed E-state index contributed by atoms with van der Waals surface area (Å²) in [6.45, 7) is 2.84. The minimum Gasteiger partial charge on any atom is -0.504 e. The van der Waals surface area contributed by atoms with Crippen molar-refractivity contribution in [3.05, 3.63) is 22.7 Å². The van der Waals surface area contributed by atoms with E-state index in [-0.39, 0.29) is 36.5 Å². The Kier molecular flexibility index (Phi) is 7.79. The summed E-state index contributed by atoms with van der Waals surface area (Å²) in [6, 6.07) is 0.147. The number of rotatable bonds is 8. The number of hydrazone groups is 1. The Labute approximate surface area is 212 Å². The van der Waals surface area contributed by atoms with Crippen LogP contribution in [0.4, 0.5) is 0 Å². The second-order valence-electron chi connectivity index (χ2n) is 8.84. The number of β-lactam (4-membered cyclic amide) rings is 1. The normalized spacial score (nSPS) is 22.4. The van der Waals surface area contributed by atoms with Gasteiger partial charge in [0.1, 0.15) is 4.75 Å². The fourth-order valence-electron chi connectivity index (χ4n) is 4.22. The molecule has 0 bridgehead atoms. The number of nitrogens with zero attached hydrogens (tertiary/aromatic N) is 3. The number of nitrogens with one attached hydrogen (secondary N) is 1. The number of amides is 3. The van der Waals surface area contributed by atoms with Gasteiger partial charge in [-0.2, -0.15) is 5.10 Å². The van der Waals surface area contributed by atoms with Gasteiger partial charge < -0.3 is 25.1 Å². The molecular weight excluding hydrogens is 520 g/mol. The number of aromatic hydroxyl groups is 2. The van der Waals surface area contributed by atoms with Crippen LogP contribution >= 0.6 is 11.6 Å². The monoisotopic (exact) mass is 544 g/mol. The van der Waals surface area contributed by atoms with E-state index in [0.29, 0.717) is 0 Å². The summed E-state index contributed by atoms with van der Waals surface area (Å²) in [5.74, 6) is -5.08. The molecule has 1 aromatic rings. The zero-order chi connectivity index (χ0) is 26.9. The lowest BCUT2D eigenvalue weighted by atomic mass is 9.92. The lowest BCUT2D eigenvalue weighted by Crippen LogP contribution is -2.66. The predicted octanol–water partition coefficient (Wildman–Crippen LogP) is -0.241. The molecule has 2 fully saturated rings. The largest absolute Gasteiger partial charge is 0.504 e. The highest BCUT2D eigenvalue weighted by Crippen LogP contribution is 2.36. The number of hydrogen-bond acceptors (Lipinski definition) is 9. The van der Waals surface area contributed by atoms with E-state index in [4.69, 9.17) is 11.6 Å². The smallest absolute Gasteiger partial charge is 0.328 e. The maximum Gasteiger partial charge on any atom is 0.328 e. The van der Waals surface area contributed by atoms with E-state index < -0.39 is 68.6 Å². The van der Waals surface area contributed by atoms with Gasteiger partial charge >= 0.3 is 5.97 Å². The quantitative estimate of drug-likeness (QED) is 0.0964. The highest BCUT2D eigenvalue weighted by molar-refractivity contribution is 7.75. The lowest BCUT2D eigenvalue weighted by molar-refractivity contribution is -0.161. The average molecular weight is 545 g/mol. The zero-order valence-electron chi connectivity index (χ0n) is 19.3. The SMILES string of the molecule is C[C@@H]1CC(=O)N1[C@@H](C(=O)O)[C@](C)(/C=N/NC(=O)C1CCN(C(=O)c2ccc(O)c(O)c2Cl)C1)[SH](=O)=O. The van der Waals surface area contributed by atoms with Crippen LogP contribution in [0.15, 0.2) is 17.2 Å². The van der Waals surface area contributed by atoms with Crippen LogP contribution in [0.1, 0.15) is 37.0 Å². The van der Waals surface area contributed by atoms with Crippen molar-refractivity contribution in [1.29, 1.82) is 0 Å². The van der Waals surface area contributed by atoms with E-state index in [0.717, 1.165) is 24.1 Å². The number of phenolic OH excluding ortho intramolecular Hbond substituents is 2. The van der Waals surface area contributed by atoms with Crippen molar-refractivity contribution in [1.82, 2.24) is 15.2 Å². The van der Waals surface area contributed by atoms with E-state index in [1.54, 1.807) is 6.92 Å². The van der Waals surface area contributed by atoms with Crippen LogP contribution < -0.4 is 5.43 Å². The van der Waals surface area contributed by atoms with Crippen LogP contribution in [0.2, 0.25) is 5.02 Å². The summed E-state index contributed by atoms with van der Waals surface area (Å²) < 4.78 is 21.9. The van der Waals surface area contributed by atoms with E-state index in [1.165, 1.54) is 11.0 Å². The molecule has 15 heteroatoms. The number of halogens is 1. The summed E-state index contributed by atoms with van der Waals surface area (Å²) in [5, 5.41) is 32.2. The molecule has 1 aromatic carbocycles. The molecule has 0 saturated carbocycles. The molecule has 2 aliphatic heterocycles. The Morgan fingerprint density at radius 3 is 2.53 bits per heavy atom. The first-order chi connectivity index (χ1) is 16.8. The first-order valence-electron chi connectivity index (χ1n) is 10.8. The molecule has 2 saturated heterocycles. The van der Waals surface area contributed by atoms with Crippen LogP contribution in [0.25, 0.3) is 0 Å². The number of benzene rings is 1. The second kappa shape index (κ2) is 10.3. The minimum absolute atomic E-state index is 0.0250. The van der Waals surface area contributed by atoms with Gasteiger partial charge in [0.25, 0.3) is 5.91 Å². The highest BCUT2D eigenvalue weighted by Gasteiger charge is 2.52. The van der Waals surface area contributed by atoms with Crippen LogP contribution in [0.3, 0.4) is 0 Å². The van der Waals surface area contributed by atoms with Gasteiger partial charge in [-0.15, -0.1) is 0 Å². The van der Waals surface area contributed by atoms with Crippen molar-refractivity contribution in [2.75, 3.05) is 13.1 Å². The number of likely N-dealkylation sites (tertiary alicyclic amines) is 2. The zero-order valence-corrected chi connectivity index (χ0v) is 20.9. The summed E-state index contributed by atoms with van der Waals surface area (Å²) >= 11 is 5.94. The molecule has 1 unspecified atom stereocenters. The Morgan fingerprint density at radius 2 is 1.97 bits per heavy atom. The molecule has 13 nitrogen and oxygen atoms in total. The predicted molar refractivity (Wildman–Crippen MR) is 126 cm³/mol. The third kappa shape index (κ3) is 4.95. The second-order valence-corrected chi connectivity index (χ2v) is 10.7. The van der Waals surface area contributed by atoms with Crippen molar-refractivity contribution in [2.45, 2.75) is 43.5 Å². The van der Waals surface area contributed by atoms with Gasteiger partial charge in [0.05, 0.1) is 16.5 Å². The van der Waals surface area contributed by atoms with Gasteiger partial charge in [-0.1, -0.05) is 11.6 Å². The van der Waals surface area contributed by atoms with Gasteiger partial charge in [0, 0.05) is 31.8 Å². The van der Waals surface area contributed by atoms with Gasteiger partial charge in [0.2, 0.25) is 11.8 Å². The molecule has 4 atom stereocenters. The average Bonchev–Trinajstić information content (AvgIpc) is 3.30. The molecule has 2 heterocycles. The third-order valence-corrected chi connectivity index (χ3v) is 7.89. The number of carboxylic acids is 1. The summed E-state index contributed by atoms with van der Waals surface area (Å²) in [6.07, 6.45) is 1.12. The highest BCUT2D eigenvalue weighted by atomic mass is 35.5. The maximum atomic E-state index is 12.7. The fourth-order valence-corrected chi connectivity index (χ4v) is 5.05. The van der Waals surface area contributed by atoms with E-state index in [2.05, 4.69) is 10.5 Å². The van der Waals surface area contributed by atoms with Gasteiger partial charge in [-0.05, 0) is 32.4 Å². The molecule has 0 aromatic heterocycles. The minimum atomic E-state index is -3.43. The van der Waals surface area contributed by atoms with Crippen LogP contribution in [0.5, 0.6) is 11.5 Å². The molecular formula is C21H25ClN4O9S. The van der Waals surface area contributed by atoms with Crippen molar-refractivity contribution in [3.8, 4) is 11.5 Å². The van der Waals surface area contributed by atoms with E-state index >= 15 is 0 Å². The Balaban J connectivity index is 1.69. The molecule has 3 amide bonds.